The number of hydrogen-bond acceptors (Lipinski definition) is 2. The molecule has 0 amide bonds. The molecule has 0 bridgehead atoms. The summed E-state index contributed by atoms with van der Waals surface area (Å²) in [7, 11) is 0. The Morgan fingerprint density at radius 1 is 1.19 bits per heavy atom. The average molecular weight is 242 g/mol. The van der Waals surface area contributed by atoms with Gasteiger partial charge in [-0.25, -0.2) is 0 Å². The van der Waals surface area contributed by atoms with Crippen LogP contribution in [-0.2, 0) is 4.79 Å². The minimum Gasteiger partial charge on any atom is -0.481 e. The zero-order valence-corrected chi connectivity index (χ0v) is 9.83. The van der Waals surface area contributed by atoms with Gasteiger partial charge in [0, 0.05) is 23.7 Å². The second-order valence-corrected chi connectivity index (χ2v) is 4.07. The highest BCUT2D eigenvalue weighted by Crippen LogP contribution is 2.13. The molecule has 0 aliphatic rings. The molecule has 0 aromatic heterocycles. The van der Waals surface area contributed by atoms with Gasteiger partial charge in [0.05, 0.1) is 0 Å². The molecule has 0 saturated carbocycles. The lowest BCUT2D eigenvalue weighted by Gasteiger charge is -2.05. The Balaban J connectivity index is 2.07. The van der Waals surface area contributed by atoms with Crippen LogP contribution in [0.1, 0.15) is 25.7 Å². The smallest absolute Gasteiger partial charge is 0.303 e. The molecule has 1 rings (SSSR count). The van der Waals surface area contributed by atoms with Gasteiger partial charge in [-0.2, -0.15) is 0 Å². The lowest BCUT2D eigenvalue weighted by atomic mass is 10.2. The molecule has 0 spiro atoms. The SMILES string of the molecule is O=C(O)CCCCCNc1ccc(Cl)cc1. The fourth-order valence-electron chi connectivity index (χ4n) is 1.38. The van der Waals surface area contributed by atoms with Crippen LogP contribution in [0.5, 0.6) is 0 Å². The van der Waals surface area contributed by atoms with Crippen LogP contribution >= 0.6 is 11.6 Å². The molecule has 0 unspecified atom stereocenters. The molecule has 0 atom stereocenters. The zero-order valence-electron chi connectivity index (χ0n) is 9.08. The number of rotatable bonds is 7. The molecule has 0 aliphatic carbocycles. The number of anilines is 1. The molecule has 88 valence electrons. The van der Waals surface area contributed by atoms with Crippen molar-refractivity contribution in [2.24, 2.45) is 0 Å². The van der Waals surface area contributed by atoms with Gasteiger partial charge in [-0.05, 0) is 37.1 Å². The van der Waals surface area contributed by atoms with Gasteiger partial charge in [0.2, 0.25) is 0 Å². The van der Waals surface area contributed by atoms with Gasteiger partial charge in [-0.1, -0.05) is 18.0 Å². The average Bonchev–Trinajstić information content (AvgIpc) is 2.25. The van der Waals surface area contributed by atoms with E-state index in [1.165, 1.54) is 0 Å². The highest BCUT2D eigenvalue weighted by Gasteiger charge is 1.96. The monoisotopic (exact) mass is 241 g/mol. The van der Waals surface area contributed by atoms with Crippen molar-refractivity contribution in [1.82, 2.24) is 0 Å². The van der Waals surface area contributed by atoms with E-state index in [0.717, 1.165) is 36.5 Å². The van der Waals surface area contributed by atoms with E-state index in [2.05, 4.69) is 5.32 Å². The third-order valence-electron chi connectivity index (χ3n) is 2.24. The van der Waals surface area contributed by atoms with Crippen molar-refractivity contribution < 1.29 is 9.90 Å². The maximum absolute atomic E-state index is 10.3. The first kappa shape index (κ1) is 12.8. The van der Waals surface area contributed by atoms with Gasteiger partial charge >= 0.3 is 5.97 Å². The van der Waals surface area contributed by atoms with Crippen molar-refractivity contribution in [3.63, 3.8) is 0 Å². The van der Waals surface area contributed by atoms with Gasteiger partial charge in [0.15, 0.2) is 0 Å². The van der Waals surface area contributed by atoms with Crippen LogP contribution in [0.25, 0.3) is 0 Å². The summed E-state index contributed by atoms with van der Waals surface area (Å²) in [5, 5.41) is 12.4. The van der Waals surface area contributed by atoms with Crippen LogP contribution in [-0.4, -0.2) is 17.6 Å². The number of halogens is 1. The Labute approximate surface area is 100 Å². The minimum absolute atomic E-state index is 0.265. The van der Waals surface area contributed by atoms with Crippen LogP contribution in [0.2, 0.25) is 5.02 Å². The number of carboxylic acid groups (broad SMARTS) is 1. The molecule has 1 aromatic carbocycles. The fourth-order valence-corrected chi connectivity index (χ4v) is 1.50. The summed E-state index contributed by atoms with van der Waals surface area (Å²) in [5.41, 5.74) is 1.04. The van der Waals surface area contributed by atoms with E-state index in [0.29, 0.717) is 0 Å². The zero-order chi connectivity index (χ0) is 11.8. The first-order valence-corrected chi connectivity index (χ1v) is 5.77. The van der Waals surface area contributed by atoms with Crippen LogP contribution in [0, 0.1) is 0 Å². The van der Waals surface area contributed by atoms with Crippen molar-refractivity contribution in [3.8, 4) is 0 Å². The number of unbranched alkanes of at least 4 members (excludes halogenated alkanes) is 2. The third kappa shape index (κ3) is 5.61. The molecule has 4 heteroatoms. The Hall–Kier alpha value is -1.22. The van der Waals surface area contributed by atoms with E-state index in [-0.39, 0.29) is 6.42 Å². The van der Waals surface area contributed by atoms with Crippen molar-refractivity contribution in [1.29, 1.82) is 0 Å². The summed E-state index contributed by atoms with van der Waals surface area (Å²) >= 11 is 5.76. The molecule has 0 radical (unpaired) electrons. The minimum atomic E-state index is -0.717. The van der Waals surface area contributed by atoms with Crippen molar-refractivity contribution in [2.45, 2.75) is 25.7 Å². The standard InChI is InChI=1S/C12H16ClNO2/c13-10-5-7-11(8-6-10)14-9-3-1-2-4-12(15)16/h5-8,14H,1-4,9H2,(H,15,16). The summed E-state index contributed by atoms with van der Waals surface area (Å²) in [4.78, 5) is 10.3. The van der Waals surface area contributed by atoms with E-state index < -0.39 is 5.97 Å². The molecule has 3 nitrogen and oxygen atoms in total. The third-order valence-corrected chi connectivity index (χ3v) is 2.49. The second-order valence-electron chi connectivity index (χ2n) is 3.64. The number of nitrogens with one attached hydrogen (secondary N) is 1. The summed E-state index contributed by atoms with van der Waals surface area (Å²) in [6, 6.07) is 7.54. The first-order chi connectivity index (χ1) is 7.68. The maximum Gasteiger partial charge on any atom is 0.303 e. The highest BCUT2D eigenvalue weighted by molar-refractivity contribution is 6.30. The lowest BCUT2D eigenvalue weighted by Crippen LogP contribution is -2.01. The Kier molecular flexibility index (Phi) is 5.72. The van der Waals surface area contributed by atoms with Gasteiger partial charge < -0.3 is 10.4 Å². The molecule has 0 aliphatic heterocycles. The van der Waals surface area contributed by atoms with Gasteiger partial charge in [0.25, 0.3) is 0 Å². The number of hydrogen-bond donors (Lipinski definition) is 2. The van der Waals surface area contributed by atoms with Crippen LogP contribution in [0.3, 0.4) is 0 Å². The van der Waals surface area contributed by atoms with E-state index in [1.807, 2.05) is 24.3 Å². The Morgan fingerprint density at radius 2 is 1.88 bits per heavy atom. The van der Waals surface area contributed by atoms with Crippen molar-refractivity contribution in [3.05, 3.63) is 29.3 Å². The topological polar surface area (TPSA) is 49.3 Å². The van der Waals surface area contributed by atoms with Gasteiger partial charge in [0.1, 0.15) is 0 Å². The van der Waals surface area contributed by atoms with Crippen molar-refractivity contribution in [2.75, 3.05) is 11.9 Å². The van der Waals surface area contributed by atoms with E-state index in [4.69, 9.17) is 16.7 Å². The lowest BCUT2D eigenvalue weighted by molar-refractivity contribution is -0.137. The van der Waals surface area contributed by atoms with Crippen LogP contribution in [0.4, 0.5) is 5.69 Å². The molecule has 2 N–H and O–H groups in total. The summed E-state index contributed by atoms with van der Waals surface area (Å²) in [6.07, 6.45) is 2.93. The summed E-state index contributed by atoms with van der Waals surface area (Å²) in [5.74, 6) is -0.717. The molecule has 0 fully saturated rings. The van der Waals surface area contributed by atoms with E-state index in [9.17, 15) is 4.79 Å². The van der Waals surface area contributed by atoms with Crippen LogP contribution in [0.15, 0.2) is 24.3 Å². The molecular weight excluding hydrogens is 226 g/mol. The normalized spacial score (nSPS) is 10.1. The largest absolute Gasteiger partial charge is 0.481 e. The van der Waals surface area contributed by atoms with Gasteiger partial charge in [-0.15, -0.1) is 0 Å². The van der Waals surface area contributed by atoms with E-state index in [1.54, 1.807) is 0 Å². The molecule has 1 aromatic rings. The maximum atomic E-state index is 10.3. The van der Waals surface area contributed by atoms with E-state index >= 15 is 0 Å². The molecule has 0 heterocycles. The molecular formula is C12H16ClNO2. The molecule has 0 saturated heterocycles. The fraction of sp³-hybridized carbons (Fsp3) is 0.417. The first-order valence-electron chi connectivity index (χ1n) is 5.40. The number of carbonyl (C=O) groups is 1. The number of benzene rings is 1. The van der Waals surface area contributed by atoms with Crippen molar-refractivity contribution >= 4 is 23.3 Å². The number of aliphatic carboxylic acids is 1. The second kappa shape index (κ2) is 7.12. The predicted molar refractivity (Wildman–Crippen MR) is 66.0 cm³/mol. The summed E-state index contributed by atoms with van der Waals surface area (Å²) in [6.45, 7) is 0.862. The van der Waals surface area contributed by atoms with Crippen LogP contribution < -0.4 is 5.32 Å². The summed E-state index contributed by atoms with van der Waals surface area (Å²) < 4.78 is 0. The van der Waals surface area contributed by atoms with Gasteiger partial charge in [-0.3, -0.25) is 4.79 Å². The quantitative estimate of drug-likeness (QED) is 0.720. The predicted octanol–water partition coefficient (Wildman–Crippen LogP) is 3.40. The number of carboxylic acids is 1. The molecule has 16 heavy (non-hydrogen) atoms. The Morgan fingerprint density at radius 3 is 2.50 bits per heavy atom. The highest BCUT2D eigenvalue weighted by atomic mass is 35.5. The Bertz CT molecular complexity index is 324.